The van der Waals surface area contributed by atoms with Crippen LogP contribution in [0.15, 0.2) is 30.3 Å². The molecular formula is C24H35N3O5. The summed E-state index contributed by atoms with van der Waals surface area (Å²) in [7, 11) is 0. The second-order valence-electron chi connectivity index (χ2n) is 9.66. The lowest BCUT2D eigenvalue weighted by Crippen LogP contribution is -2.55. The lowest BCUT2D eigenvalue weighted by atomic mass is 9.90. The summed E-state index contributed by atoms with van der Waals surface area (Å²) < 4.78 is 10.9. The average molecular weight is 446 g/mol. The molecule has 0 radical (unpaired) electrons. The van der Waals surface area contributed by atoms with Crippen molar-refractivity contribution in [2.24, 2.45) is 17.6 Å². The molecule has 2 aliphatic heterocycles. The zero-order valence-corrected chi connectivity index (χ0v) is 19.3. The first-order chi connectivity index (χ1) is 15.1. The Hall–Kier alpha value is -2.61. The van der Waals surface area contributed by atoms with Crippen LogP contribution in [0.4, 0.5) is 4.79 Å². The van der Waals surface area contributed by atoms with Crippen molar-refractivity contribution in [2.75, 3.05) is 19.6 Å². The number of ether oxygens (including phenoxy) is 2. The molecular weight excluding hydrogens is 410 g/mol. The Morgan fingerprint density at radius 2 is 1.62 bits per heavy atom. The molecule has 1 aromatic rings. The first-order valence-electron chi connectivity index (χ1n) is 11.4. The molecule has 2 aliphatic rings. The van der Waals surface area contributed by atoms with Crippen molar-refractivity contribution in [2.45, 2.75) is 64.8 Å². The van der Waals surface area contributed by atoms with Crippen LogP contribution in [0.1, 0.15) is 52.0 Å². The number of benzene rings is 1. The molecule has 2 saturated heterocycles. The van der Waals surface area contributed by atoms with E-state index in [0.717, 1.165) is 5.56 Å². The summed E-state index contributed by atoms with van der Waals surface area (Å²) in [5.74, 6) is -0.688. The van der Waals surface area contributed by atoms with Gasteiger partial charge in [0.15, 0.2) is 0 Å². The van der Waals surface area contributed by atoms with E-state index in [2.05, 4.69) is 0 Å². The van der Waals surface area contributed by atoms with E-state index >= 15 is 0 Å². The van der Waals surface area contributed by atoms with Gasteiger partial charge in [-0.15, -0.1) is 0 Å². The molecule has 1 aromatic carbocycles. The quantitative estimate of drug-likeness (QED) is 0.715. The van der Waals surface area contributed by atoms with Crippen molar-refractivity contribution in [1.29, 1.82) is 0 Å². The minimum Gasteiger partial charge on any atom is -0.460 e. The van der Waals surface area contributed by atoms with Crippen LogP contribution in [-0.4, -0.2) is 59.2 Å². The van der Waals surface area contributed by atoms with E-state index < -0.39 is 11.8 Å². The van der Waals surface area contributed by atoms with Crippen molar-refractivity contribution >= 4 is 18.0 Å². The van der Waals surface area contributed by atoms with Crippen molar-refractivity contribution in [3.05, 3.63) is 35.9 Å². The summed E-state index contributed by atoms with van der Waals surface area (Å²) >= 11 is 0. The zero-order chi connectivity index (χ0) is 23.3. The Kier molecular flexibility index (Phi) is 7.77. The first kappa shape index (κ1) is 24.0. The predicted octanol–water partition coefficient (Wildman–Crippen LogP) is 2.90. The van der Waals surface area contributed by atoms with Gasteiger partial charge in [-0.3, -0.25) is 9.59 Å². The van der Waals surface area contributed by atoms with Gasteiger partial charge in [-0.2, -0.15) is 0 Å². The number of esters is 1. The summed E-state index contributed by atoms with van der Waals surface area (Å²) in [5.41, 5.74) is 6.66. The van der Waals surface area contributed by atoms with E-state index in [4.69, 9.17) is 15.2 Å². The molecule has 0 spiro atoms. The number of carbonyl (C=O) groups is 3. The Morgan fingerprint density at radius 1 is 1.00 bits per heavy atom. The molecule has 0 aromatic heterocycles. The van der Waals surface area contributed by atoms with Crippen LogP contribution in [-0.2, 0) is 25.7 Å². The molecule has 2 amide bonds. The molecule has 2 N–H and O–H groups in total. The van der Waals surface area contributed by atoms with Crippen molar-refractivity contribution in [3.63, 3.8) is 0 Å². The van der Waals surface area contributed by atoms with Crippen molar-refractivity contribution < 1.29 is 23.9 Å². The average Bonchev–Trinajstić information content (AvgIpc) is 2.76. The molecule has 2 heterocycles. The molecule has 0 bridgehead atoms. The van der Waals surface area contributed by atoms with Gasteiger partial charge in [0, 0.05) is 25.6 Å². The Bertz CT molecular complexity index is 800. The van der Waals surface area contributed by atoms with Crippen LogP contribution < -0.4 is 5.73 Å². The molecule has 32 heavy (non-hydrogen) atoms. The van der Waals surface area contributed by atoms with Crippen LogP contribution >= 0.6 is 0 Å². The summed E-state index contributed by atoms with van der Waals surface area (Å²) in [4.78, 5) is 41.1. The molecule has 8 nitrogen and oxygen atoms in total. The summed E-state index contributed by atoms with van der Waals surface area (Å²) in [6.45, 7) is 7.17. The van der Waals surface area contributed by atoms with Crippen LogP contribution in [0.3, 0.4) is 0 Å². The lowest BCUT2D eigenvalue weighted by Gasteiger charge is -2.40. The number of likely N-dealkylation sites (tertiary alicyclic amines) is 2. The molecule has 0 aliphatic carbocycles. The third-order valence-corrected chi connectivity index (χ3v) is 5.98. The highest BCUT2D eigenvalue weighted by molar-refractivity contribution is 5.80. The maximum Gasteiger partial charge on any atom is 0.410 e. The molecule has 3 rings (SSSR count). The molecule has 8 heteroatoms. The molecule has 176 valence electrons. The van der Waals surface area contributed by atoms with E-state index in [9.17, 15) is 14.4 Å². The number of carbonyl (C=O) groups excluding carboxylic acids is 3. The highest BCUT2D eigenvalue weighted by Crippen LogP contribution is 2.28. The van der Waals surface area contributed by atoms with Gasteiger partial charge < -0.3 is 25.0 Å². The van der Waals surface area contributed by atoms with E-state index in [1.807, 2.05) is 51.1 Å². The van der Waals surface area contributed by atoms with Gasteiger partial charge >= 0.3 is 12.1 Å². The Labute approximate surface area is 190 Å². The third kappa shape index (κ3) is 6.45. The van der Waals surface area contributed by atoms with Gasteiger partial charge in [0.05, 0.1) is 12.1 Å². The van der Waals surface area contributed by atoms with Gasteiger partial charge in [-0.05, 0) is 52.0 Å². The van der Waals surface area contributed by atoms with Gasteiger partial charge in [0.2, 0.25) is 5.91 Å². The minimum atomic E-state index is -0.537. The number of amides is 2. The first-order valence-corrected chi connectivity index (χ1v) is 11.4. The number of nitrogens with zero attached hydrogens (tertiary/aromatic N) is 2. The van der Waals surface area contributed by atoms with Crippen molar-refractivity contribution in [3.8, 4) is 0 Å². The maximum absolute atomic E-state index is 13.1. The standard InChI is InChI=1S/C24H35N3O5/c1-24(2,3)32-22(29)19-11-14-27(20(25)15-19)21(28)18-9-12-26(13-10-18)23(30)31-16-17-7-5-4-6-8-17/h4-8,18-20H,9-16,25H2,1-3H3. The summed E-state index contributed by atoms with van der Waals surface area (Å²) in [5, 5.41) is 0. The van der Waals surface area contributed by atoms with Crippen molar-refractivity contribution in [1.82, 2.24) is 9.80 Å². The van der Waals surface area contributed by atoms with Crippen LogP contribution in [0, 0.1) is 11.8 Å². The number of hydrogen-bond donors (Lipinski definition) is 1. The Balaban J connectivity index is 1.44. The monoisotopic (exact) mass is 445 g/mol. The van der Waals surface area contributed by atoms with Gasteiger partial charge in [-0.25, -0.2) is 4.79 Å². The highest BCUT2D eigenvalue weighted by Gasteiger charge is 2.38. The third-order valence-electron chi connectivity index (χ3n) is 5.98. The SMILES string of the molecule is CC(C)(C)OC(=O)C1CCN(C(=O)C2CCN(C(=O)OCc3ccccc3)CC2)C(N)C1. The van der Waals surface area contributed by atoms with E-state index in [1.165, 1.54) is 0 Å². The highest BCUT2D eigenvalue weighted by atomic mass is 16.6. The smallest absolute Gasteiger partial charge is 0.410 e. The summed E-state index contributed by atoms with van der Waals surface area (Å²) in [6, 6.07) is 9.54. The fourth-order valence-corrected chi connectivity index (χ4v) is 4.22. The fraction of sp³-hybridized carbons (Fsp3) is 0.625. The molecule has 2 unspecified atom stereocenters. The van der Waals surface area contributed by atoms with E-state index in [-0.39, 0.29) is 36.4 Å². The Morgan fingerprint density at radius 3 is 2.22 bits per heavy atom. The van der Waals surface area contributed by atoms with Crippen LogP contribution in [0.2, 0.25) is 0 Å². The predicted molar refractivity (Wildman–Crippen MR) is 119 cm³/mol. The second-order valence-corrected chi connectivity index (χ2v) is 9.66. The van der Waals surface area contributed by atoms with E-state index in [0.29, 0.717) is 45.3 Å². The number of rotatable bonds is 4. The largest absolute Gasteiger partial charge is 0.460 e. The molecule has 0 saturated carbocycles. The zero-order valence-electron chi connectivity index (χ0n) is 19.3. The number of nitrogens with two attached hydrogens (primary N) is 1. The van der Waals surface area contributed by atoms with Gasteiger partial charge in [-0.1, -0.05) is 30.3 Å². The normalized spacial score (nSPS) is 22.4. The van der Waals surface area contributed by atoms with Crippen LogP contribution in [0.25, 0.3) is 0 Å². The minimum absolute atomic E-state index is 0.0115. The van der Waals surface area contributed by atoms with E-state index in [1.54, 1.807) is 9.80 Å². The number of piperidine rings is 2. The van der Waals surface area contributed by atoms with Gasteiger partial charge in [0.25, 0.3) is 0 Å². The maximum atomic E-state index is 13.1. The molecule has 2 fully saturated rings. The summed E-state index contributed by atoms with van der Waals surface area (Å²) in [6.07, 6.45) is 1.28. The van der Waals surface area contributed by atoms with Crippen LogP contribution in [0.5, 0.6) is 0 Å². The number of hydrogen-bond acceptors (Lipinski definition) is 6. The molecule has 2 atom stereocenters. The van der Waals surface area contributed by atoms with Gasteiger partial charge in [0.1, 0.15) is 12.2 Å². The second kappa shape index (κ2) is 10.3. The lowest BCUT2D eigenvalue weighted by molar-refractivity contribution is -0.164. The topological polar surface area (TPSA) is 102 Å². The fourth-order valence-electron chi connectivity index (χ4n) is 4.22.